The summed E-state index contributed by atoms with van der Waals surface area (Å²) in [6.07, 6.45) is 8.35. The maximum Gasteiger partial charge on any atom is 0.216 e. The quantitative estimate of drug-likeness (QED) is 0.544. The summed E-state index contributed by atoms with van der Waals surface area (Å²) in [5.41, 5.74) is 4.21. The van der Waals surface area contributed by atoms with E-state index >= 15 is 0 Å². The second-order valence-corrected chi connectivity index (χ2v) is 5.36. The van der Waals surface area contributed by atoms with Gasteiger partial charge in [0.2, 0.25) is 5.78 Å². The van der Waals surface area contributed by atoms with Crippen LogP contribution in [0.2, 0.25) is 0 Å². The maximum atomic E-state index is 12.7. The molecule has 0 aliphatic carbocycles. The molecule has 0 radical (unpaired) electrons. The first-order chi connectivity index (χ1) is 11.8. The standard InChI is InChI=1S/C18H13N5O/c1-12-10-19-8-5-13(12)16-6-9-21-18-14(11-22-23(16)18)17(24)15-4-2-3-7-20-15/h2-11H,1H3. The predicted octanol–water partition coefficient (Wildman–Crippen LogP) is 2.73. The van der Waals surface area contributed by atoms with Crippen molar-refractivity contribution in [1.82, 2.24) is 24.6 Å². The molecular formula is C18H13N5O. The number of fused-ring (bicyclic) bond motifs is 1. The Morgan fingerprint density at radius 2 is 1.92 bits per heavy atom. The summed E-state index contributed by atoms with van der Waals surface area (Å²) >= 11 is 0. The molecule has 0 bridgehead atoms. The second-order valence-electron chi connectivity index (χ2n) is 5.36. The van der Waals surface area contributed by atoms with E-state index in [0.29, 0.717) is 16.9 Å². The number of rotatable bonds is 3. The lowest BCUT2D eigenvalue weighted by atomic mass is 10.1. The van der Waals surface area contributed by atoms with Crippen LogP contribution in [0.4, 0.5) is 0 Å². The Kier molecular flexibility index (Phi) is 3.35. The normalized spacial score (nSPS) is 10.9. The SMILES string of the molecule is Cc1cnccc1-c1ccnc2c(C(=O)c3ccccn3)cnn12. The van der Waals surface area contributed by atoms with Crippen LogP contribution in [0.3, 0.4) is 0 Å². The monoisotopic (exact) mass is 315 g/mol. The molecule has 4 rings (SSSR count). The van der Waals surface area contributed by atoms with E-state index < -0.39 is 0 Å². The van der Waals surface area contributed by atoms with Crippen LogP contribution in [0.1, 0.15) is 21.6 Å². The zero-order chi connectivity index (χ0) is 16.5. The van der Waals surface area contributed by atoms with Gasteiger partial charge in [0.25, 0.3) is 0 Å². The lowest BCUT2D eigenvalue weighted by Crippen LogP contribution is -2.04. The van der Waals surface area contributed by atoms with Crippen molar-refractivity contribution in [3.8, 4) is 11.3 Å². The molecule has 0 aliphatic heterocycles. The predicted molar refractivity (Wildman–Crippen MR) is 88.6 cm³/mol. The largest absolute Gasteiger partial charge is 0.287 e. The summed E-state index contributed by atoms with van der Waals surface area (Å²) in [7, 11) is 0. The van der Waals surface area contributed by atoms with Crippen molar-refractivity contribution in [2.24, 2.45) is 0 Å². The van der Waals surface area contributed by atoms with Gasteiger partial charge >= 0.3 is 0 Å². The molecule has 0 spiro atoms. The number of hydrogen-bond donors (Lipinski definition) is 0. The summed E-state index contributed by atoms with van der Waals surface area (Å²) in [4.78, 5) is 25.2. The average molecular weight is 315 g/mol. The highest BCUT2D eigenvalue weighted by atomic mass is 16.1. The Morgan fingerprint density at radius 1 is 1.00 bits per heavy atom. The minimum absolute atomic E-state index is 0.193. The fourth-order valence-corrected chi connectivity index (χ4v) is 2.65. The van der Waals surface area contributed by atoms with Crippen LogP contribution in [0.25, 0.3) is 16.9 Å². The highest BCUT2D eigenvalue weighted by Gasteiger charge is 2.18. The van der Waals surface area contributed by atoms with Gasteiger partial charge in [-0.25, -0.2) is 9.50 Å². The molecule has 4 aromatic rings. The molecule has 0 aromatic carbocycles. The smallest absolute Gasteiger partial charge is 0.216 e. The van der Waals surface area contributed by atoms with Crippen LogP contribution in [-0.2, 0) is 0 Å². The number of nitrogens with zero attached hydrogens (tertiary/aromatic N) is 5. The summed E-state index contributed by atoms with van der Waals surface area (Å²) in [5.74, 6) is -0.193. The van der Waals surface area contributed by atoms with E-state index in [1.165, 1.54) is 0 Å². The third-order valence-electron chi connectivity index (χ3n) is 3.84. The van der Waals surface area contributed by atoms with Gasteiger partial charge in [-0.3, -0.25) is 14.8 Å². The Labute approximate surface area is 137 Å². The minimum atomic E-state index is -0.193. The lowest BCUT2D eigenvalue weighted by molar-refractivity contribution is 0.103. The molecule has 0 fully saturated rings. The Hall–Kier alpha value is -3.41. The Morgan fingerprint density at radius 3 is 2.71 bits per heavy atom. The van der Waals surface area contributed by atoms with Crippen LogP contribution < -0.4 is 0 Å². The summed E-state index contributed by atoms with van der Waals surface area (Å²) in [5, 5.41) is 4.37. The first-order valence-electron chi connectivity index (χ1n) is 7.45. The molecule has 0 saturated carbocycles. The van der Waals surface area contributed by atoms with E-state index in [1.807, 2.05) is 19.1 Å². The van der Waals surface area contributed by atoms with Crippen LogP contribution in [-0.4, -0.2) is 30.3 Å². The van der Waals surface area contributed by atoms with Gasteiger partial charge in [0, 0.05) is 30.4 Å². The molecular weight excluding hydrogens is 302 g/mol. The lowest BCUT2D eigenvalue weighted by Gasteiger charge is -2.07. The zero-order valence-electron chi connectivity index (χ0n) is 12.9. The van der Waals surface area contributed by atoms with E-state index in [4.69, 9.17) is 0 Å². The van der Waals surface area contributed by atoms with E-state index in [9.17, 15) is 4.79 Å². The van der Waals surface area contributed by atoms with Crippen molar-refractivity contribution in [1.29, 1.82) is 0 Å². The van der Waals surface area contributed by atoms with Gasteiger partial charge in [-0.15, -0.1) is 0 Å². The van der Waals surface area contributed by atoms with Crippen molar-refractivity contribution < 1.29 is 4.79 Å². The molecule has 0 unspecified atom stereocenters. The topological polar surface area (TPSA) is 73.0 Å². The van der Waals surface area contributed by atoms with Crippen LogP contribution in [0, 0.1) is 6.92 Å². The number of pyridine rings is 2. The Bertz CT molecular complexity index is 1040. The third kappa shape index (κ3) is 2.25. The van der Waals surface area contributed by atoms with Gasteiger partial charge in [-0.2, -0.15) is 5.10 Å². The van der Waals surface area contributed by atoms with Crippen molar-refractivity contribution >= 4 is 11.4 Å². The number of ketones is 1. The van der Waals surface area contributed by atoms with E-state index in [2.05, 4.69) is 20.1 Å². The molecule has 24 heavy (non-hydrogen) atoms. The number of aromatic nitrogens is 5. The molecule has 0 N–H and O–H groups in total. The van der Waals surface area contributed by atoms with E-state index in [1.54, 1.807) is 53.7 Å². The maximum absolute atomic E-state index is 12.7. The van der Waals surface area contributed by atoms with Crippen molar-refractivity contribution in [3.05, 3.63) is 78.1 Å². The zero-order valence-corrected chi connectivity index (χ0v) is 12.9. The number of carbonyl (C=O) groups excluding carboxylic acids is 1. The molecule has 0 atom stereocenters. The van der Waals surface area contributed by atoms with Gasteiger partial charge in [0.05, 0.1) is 17.5 Å². The Balaban J connectivity index is 1.89. The van der Waals surface area contributed by atoms with Gasteiger partial charge < -0.3 is 0 Å². The molecule has 0 amide bonds. The van der Waals surface area contributed by atoms with Crippen molar-refractivity contribution in [2.75, 3.05) is 0 Å². The first-order valence-corrected chi connectivity index (χ1v) is 7.45. The van der Waals surface area contributed by atoms with Crippen LogP contribution in [0.5, 0.6) is 0 Å². The fraction of sp³-hybridized carbons (Fsp3) is 0.0556. The number of aryl methyl sites for hydroxylation is 1. The van der Waals surface area contributed by atoms with Gasteiger partial charge in [0.1, 0.15) is 5.69 Å². The second kappa shape index (κ2) is 5.66. The fourth-order valence-electron chi connectivity index (χ4n) is 2.65. The van der Waals surface area contributed by atoms with E-state index in [-0.39, 0.29) is 5.78 Å². The summed E-state index contributed by atoms with van der Waals surface area (Å²) in [6.45, 7) is 1.98. The first kappa shape index (κ1) is 14.2. The molecule has 116 valence electrons. The van der Waals surface area contributed by atoms with Crippen molar-refractivity contribution in [3.63, 3.8) is 0 Å². The van der Waals surface area contributed by atoms with E-state index in [0.717, 1.165) is 16.8 Å². The van der Waals surface area contributed by atoms with Gasteiger partial charge in [-0.05, 0) is 36.8 Å². The summed E-state index contributed by atoms with van der Waals surface area (Å²) < 4.78 is 1.68. The van der Waals surface area contributed by atoms with Gasteiger partial charge in [0.15, 0.2) is 5.65 Å². The third-order valence-corrected chi connectivity index (χ3v) is 3.84. The molecule has 0 saturated heterocycles. The molecule has 6 heteroatoms. The van der Waals surface area contributed by atoms with Crippen LogP contribution in [0.15, 0.2) is 61.3 Å². The average Bonchev–Trinajstić information content (AvgIpc) is 3.06. The van der Waals surface area contributed by atoms with Gasteiger partial charge in [-0.1, -0.05) is 6.07 Å². The molecule has 6 nitrogen and oxygen atoms in total. The molecule has 4 heterocycles. The highest BCUT2D eigenvalue weighted by Crippen LogP contribution is 2.24. The minimum Gasteiger partial charge on any atom is -0.287 e. The number of carbonyl (C=O) groups is 1. The molecule has 0 aliphatic rings. The van der Waals surface area contributed by atoms with Crippen LogP contribution >= 0.6 is 0 Å². The highest BCUT2D eigenvalue weighted by molar-refractivity contribution is 6.11. The number of hydrogen-bond acceptors (Lipinski definition) is 5. The summed E-state index contributed by atoms with van der Waals surface area (Å²) in [6, 6.07) is 9.03. The van der Waals surface area contributed by atoms with Crippen molar-refractivity contribution in [2.45, 2.75) is 6.92 Å². The molecule has 4 aromatic heterocycles.